The Bertz CT molecular complexity index is 4210. The maximum atomic E-state index is 15.0. The summed E-state index contributed by atoms with van der Waals surface area (Å²) in [7, 11) is 3.77. The Hall–Kier alpha value is -4.67. The Morgan fingerprint density at radius 2 is 0.912 bits per heavy atom. The van der Waals surface area contributed by atoms with Gasteiger partial charge in [-0.25, -0.2) is 19.2 Å². The average Bonchev–Trinajstić information content (AvgIpc) is 0.676. The zero-order valence-corrected chi connectivity index (χ0v) is 77.9. The van der Waals surface area contributed by atoms with E-state index in [9.17, 15) is 69.0 Å². The number of benzene rings is 4. The van der Waals surface area contributed by atoms with Gasteiger partial charge in [0.2, 0.25) is 0 Å². The SMILES string of the molecule is C.COC(=O)OC12COC1CC(C)C1(C)C(=O)C(O)C3=C(C)C(OC(=O)C(OC(C)(C)OC)C(NC(=O)c4ccccc4)c4ccccc4)CC(O)(C(C)C21)C3(C)C.COC(=O)OC12COC1CC(O)C1(C)C(=O)C(O)C3=C(C)C(OC(=O)C(O)C(NC(=O)c4ccccc4)c4ccccc4)CC(O)(C(C)C21)C3(C)C.I.[Ac].[Ac]. The second-order valence-corrected chi connectivity index (χ2v) is 32.7. The summed E-state index contributed by atoms with van der Waals surface area (Å²) in [6, 6.07) is 31.8. The number of hydrogen-bond acceptors (Lipinski definition) is 24. The molecule has 2 saturated heterocycles. The number of ketones is 2. The first-order valence-electron chi connectivity index (χ1n) is 37.1. The summed E-state index contributed by atoms with van der Waals surface area (Å²) in [5.41, 5.74) is -9.32. The van der Waals surface area contributed by atoms with Gasteiger partial charge in [0.05, 0.1) is 62.2 Å². The molecule has 12 rings (SSSR count). The first-order chi connectivity index (χ1) is 51.1. The summed E-state index contributed by atoms with van der Waals surface area (Å²) < 4.78 is 57.8. The van der Waals surface area contributed by atoms with Crippen molar-refractivity contribution in [3.05, 3.63) is 166 Å². The second-order valence-electron chi connectivity index (χ2n) is 32.7. The Morgan fingerprint density at radius 3 is 1.30 bits per heavy atom. The van der Waals surface area contributed by atoms with Crippen LogP contribution in [0.3, 0.4) is 0 Å². The molecule has 29 heteroatoms. The van der Waals surface area contributed by atoms with E-state index in [1.165, 1.54) is 21.1 Å². The van der Waals surface area contributed by atoms with Crippen LogP contribution in [-0.2, 0) is 66.5 Å². The maximum absolute atomic E-state index is 15.0. The molecule has 113 heavy (non-hydrogen) atoms. The third kappa shape index (κ3) is 16.4. The number of esters is 2. The van der Waals surface area contributed by atoms with Gasteiger partial charge in [-0.2, -0.15) is 0 Å². The van der Waals surface area contributed by atoms with E-state index in [0.29, 0.717) is 39.8 Å². The third-order valence-electron chi connectivity index (χ3n) is 26.5. The van der Waals surface area contributed by atoms with Crippen molar-refractivity contribution in [2.75, 3.05) is 34.5 Å². The fraction of sp³-hybridized carbons (Fsp3) is 0.571. The van der Waals surface area contributed by atoms with Gasteiger partial charge in [-0.05, 0) is 116 Å². The fourth-order valence-corrected chi connectivity index (χ4v) is 20.0. The van der Waals surface area contributed by atoms with Gasteiger partial charge in [-0.3, -0.25) is 19.2 Å². The van der Waals surface area contributed by atoms with Gasteiger partial charge in [0.1, 0.15) is 36.6 Å². The molecule has 2 amide bonds. The molecule has 4 saturated carbocycles. The Kier molecular flexibility index (Phi) is 30.5. The number of fused-ring (bicyclic) bond motifs is 10. The van der Waals surface area contributed by atoms with Crippen LogP contribution in [0.4, 0.5) is 9.59 Å². The van der Waals surface area contributed by atoms with E-state index in [1.54, 1.807) is 191 Å². The van der Waals surface area contributed by atoms with Crippen LogP contribution in [0.5, 0.6) is 0 Å². The van der Waals surface area contributed by atoms with Crippen molar-refractivity contribution in [1.82, 2.24) is 10.6 Å². The van der Waals surface area contributed by atoms with Crippen LogP contribution in [0, 0.1) is 139 Å². The predicted octanol–water partition coefficient (Wildman–Crippen LogP) is 9.53. The zero-order chi connectivity index (χ0) is 79.8. The normalized spacial score (nSPS) is 33.8. The van der Waals surface area contributed by atoms with Crippen molar-refractivity contribution in [2.24, 2.45) is 51.2 Å². The largest absolute Gasteiger partial charge is 0.508 e. The maximum Gasteiger partial charge on any atom is 0.508 e. The quantitative estimate of drug-likeness (QED) is 0.0160. The Labute approximate surface area is 749 Å². The molecule has 8 N–H and O–H groups in total. The average molecular weight is 2110 g/mol. The van der Waals surface area contributed by atoms with Crippen LogP contribution in [0.1, 0.15) is 167 Å². The predicted molar refractivity (Wildman–Crippen MR) is 412 cm³/mol. The third-order valence-corrected chi connectivity index (χ3v) is 26.5. The Balaban J connectivity index is 0.000000304. The summed E-state index contributed by atoms with van der Waals surface area (Å²) in [6.45, 7) is 22.0. The minimum Gasteiger partial charge on any atom is -0.456 e. The number of carbonyl (C=O) groups excluding carboxylic acids is 8. The van der Waals surface area contributed by atoms with Crippen LogP contribution in [-0.4, -0.2) is 196 Å². The molecular formula is C84H109Ac2IN2O24. The van der Waals surface area contributed by atoms with Gasteiger partial charge in [-0.1, -0.05) is 160 Å². The number of rotatable bonds is 17. The number of Topliss-reactive ketones (excluding diaryl/α,β-unsaturated/α-hetero) is 2. The molecule has 26 nitrogen and oxygen atoms in total. The number of amides is 2. The number of hydrogen-bond donors (Lipinski definition) is 8. The molecule has 612 valence electrons. The number of ether oxygens (including phenoxy) is 10. The van der Waals surface area contributed by atoms with E-state index >= 15 is 0 Å². The van der Waals surface area contributed by atoms with Gasteiger partial charge >= 0.3 is 24.2 Å². The summed E-state index contributed by atoms with van der Waals surface area (Å²) in [5.74, 6) is -9.59. The second kappa shape index (κ2) is 36.1. The van der Waals surface area contributed by atoms with E-state index in [2.05, 4.69) is 10.6 Å². The molecule has 4 aromatic rings. The minimum absolute atomic E-state index is 0. The number of carbonyl (C=O) groups is 8. The van der Waals surface area contributed by atoms with E-state index < -0.39 is 188 Å². The van der Waals surface area contributed by atoms with Crippen molar-refractivity contribution in [1.29, 1.82) is 0 Å². The van der Waals surface area contributed by atoms with Crippen LogP contribution in [0.2, 0.25) is 0 Å². The summed E-state index contributed by atoms with van der Waals surface area (Å²) >= 11 is 0. The zero-order valence-electron chi connectivity index (χ0n) is 66.1. The van der Waals surface area contributed by atoms with Gasteiger partial charge in [0, 0.05) is 154 Å². The number of aliphatic hydroxyl groups excluding tert-OH is 4. The monoisotopic (exact) mass is 2110 g/mol. The molecule has 22 unspecified atom stereocenters. The summed E-state index contributed by atoms with van der Waals surface area (Å²) in [5, 5.41) is 79.3. The van der Waals surface area contributed by atoms with Gasteiger partial charge in [-0.15, -0.1) is 24.0 Å². The van der Waals surface area contributed by atoms with E-state index in [-0.39, 0.29) is 169 Å². The van der Waals surface area contributed by atoms with Crippen molar-refractivity contribution in [2.45, 2.75) is 218 Å². The van der Waals surface area contributed by atoms with Crippen molar-refractivity contribution >= 4 is 71.6 Å². The molecule has 4 aromatic carbocycles. The molecule has 22 atom stereocenters. The van der Waals surface area contributed by atoms with Gasteiger partial charge in [0.25, 0.3) is 11.8 Å². The topological polar surface area (TPSA) is 374 Å². The Morgan fingerprint density at radius 1 is 0.549 bits per heavy atom. The molecule has 0 aromatic heterocycles. The molecule has 0 spiro atoms. The van der Waals surface area contributed by atoms with Gasteiger partial charge < -0.3 is 88.6 Å². The van der Waals surface area contributed by atoms with Crippen LogP contribution < -0.4 is 10.6 Å². The molecule has 8 aliphatic rings. The fourth-order valence-electron chi connectivity index (χ4n) is 20.0. The first kappa shape index (κ1) is 95.5. The van der Waals surface area contributed by atoms with Crippen LogP contribution in [0.25, 0.3) is 0 Å². The van der Waals surface area contributed by atoms with E-state index in [0.717, 1.165) is 7.11 Å². The smallest absolute Gasteiger partial charge is 0.456 e. The number of halogens is 1. The number of nitrogens with one attached hydrogen (secondary N) is 2. The van der Waals surface area contributed by atoms with E-state index in [1.807, 2.05) is 13.8 Å². The number of methoxy groups -OCH3 is 3. The molecule has 2 radical (unpaired) electrons. The first-order valence-corrected chi connectivity index (χ1v) is 37.1. The van der Waals surface area contributed by atoms with Gasteiger partial charge in [0.15, 0.2) is 40.8 Å². The van der Waals surface area contributed by atoms with Crippen LogP contribution >= 0.6 is 24.0 Å². The van der Waals surface area contributed by atoms with Crippen molar-refractivity contribution in [3.63, 3.8) is 0 Å². The van der Waals surface area contributed by atoms with Crippen LogP contribution in [0.15, 0.2) is 144 Å². The standard InChI is InChI=1S/C44H57NO12.C39H47NO12.CH4.2Ac.HI/c1-24-21-30-43(23-54-30,57-39(50)52-9)35-26(3)44(51)22-29(25(2)31(40(44,4)5)33(46)36(47)42(24,35)8)55-38(49)34(56-41(6,7)53-10)32(27-17-13-11-14-18-27)45-37(48)28-19-15-12-16-20-28;1-20-24(51-34(46)30(43)28(22-13-9-7-10-14-22)40-33(45)23-15-11-8-12-16-23)18-39(48)21(2)31-37(5,32(44)29(42)27(20)36(39,3)4)25(41)17-26-38(31,19-50-26)52-35(47)49-6;;;;/h11-20,24,26,29-30,32-35,46,51H,21-23H2,1-10H3,(H,45,48);7-16,21,24-26,28-31,41-43,48H,17-19H2,1-6H3,(H,40,45);1H4;;;1H. The molecule has 6 aliphatic carbocycles. The molecular weight excluding hydrogens is 2000 g/mol. The van der Waals surface area contributed by atoms with Crippen molar-refractivity contribution in [3.8, 4) is 0 Å². The summed E-state index contributed by atoms with van der Waals surface area (Å²) in [6.07, 6.45) is -14.2. The molecule has 2 heterocycles. The van der Waals surface area contributed by atoms with E-state index in [4.69, 9.17) is 47.4 Å². The molecule has 4 bridgehead atoms. The molecule has 6 fully saturated rings. The minimum atomic E-state index is -1.91. The number of aliphatic hydroxyl groups is 6. The summed E-state index contributed by atoms with van der Waals surface area (Å²) in [4.78, 5) is 111. The molecule has 2 aliphatic heterocycles. The van der Waals surface area contributed by atoms with Crippen molar-refractivity contribution < 1.29 is 204 Å².